The molecule has 1 fully saturated rings. The van der Waals surface area contributed by atoms with E-state index >= 15 is 0 Å². The van der Waals surface area contributed by atoms with Crippen molar-refractivity contribution < 1.29 is 14.3 Å². The topological polar surface area (TPSA) is 66.9 Å². The van der Waals surface area contributed by atoms with E-state index < -0.39 is 0 Å². The van der Waals surface area contributed by atoms with E-state index in [2.05, 4.69) is 41.2 Å². The van der Waals surface area contributed by atoms with E-state index in [0.717, 1.165) is 44.7 Å². The fourth-order valence-electron chi connectivity index (χ4n) is 3.92. The van der Waals surface area contributed by atoms with Crippen molar-refractivity contribution in [2.45, 2.75) is 26.3 Å². The van der Waals surface area contributed by atoms with Gasteiger partial charge in [-0.3, -0.25) is 9.88 Å². The lowest BCUT2D eigenvalue weighted by Gasteiger charge is -2.36. The molecule has 1 aliphatic rings. The Morgan fingerprint density at radius 2 is 1.71 bits per heavy atom. The van der Waals surface area contributed by atoms with Gasteiger partial charge in [-0.2, -0.15) is 0 Å². The molecule has 1 atom stereocenters. The van der Waals surface area contributed by atoms with Crippen LogP contribution in [0.15, 0.2) is 42.7 Å². The van der Waals surface area contributed by atoms with Crippen molar-refractivity contribution in [1.82, 2.24) is 20.1 Å². The number of aromatic nitrogens is 1. The molecule has 31 heavy (non-hydrogen) atoms. The second kappa shape index (κ2) is 11.0. The Bertz CT molecular complexity index is 836. The number of piperazine rings is 1. The fourth-order valence-corrected chi connectivity index (χ4v) is 3.92. The first-order valence-electron chi connectivity index (χ1n) is 10.9. The van der Waals surface area contributed by atoms with Crippen molar-refractivity contribution in [1.29, 1.82) is 0 Å². The number of methoxy groups -OCH3 is 2. The van der Waals surface area contributed by atoms with Gasteiger partial charge in [0.25, 0.3) is 0 Å². The highest BCUT2D eigenvalue weighted by Crippen LogP contribution is 2.32. The molecule has 1 aromatic heterocycles. The highest BCUT2D eigenvalue weighted by molar-refractivity contribution is 5.75. The third-order valence-electron chi connectivity index (χ3n) is 5.84. The molecular weight excluding hydrogens is 392 g/mol. The Morgan fingerprint density at radius 1 is 1.03 bits per heavy atom. The van der Waals surface area contributed by atoms with Crippen LogP contribution in [0, 0.1) is 5.92 Å². The smallest absolute Gasteiger partial charge is 0.317 e. The van der Waals surface area contributed by atoms with E-state index in [1.54, 1.807) is 14.2 Å². The van der Waals surface area contributed by atoms with Crippen LogP contribution in [0.5, 0.6) is 11.5 Å². The number of hydrogen-bond donors (Lipinski definition) is 1. The second-order valence-corrected chi connectivity index (χ2v) is 8.22. The molecule has 2 aromatic rings. The number of nitrogens with one attached hydrogen (secondary N) is 1. The Hall–Kier alpha value is -2.80. The molecule has 0 aliphatic carbocycles. The van der Waals surface area contributed by atoms with Crippen molar-refractivity contribution in [3.63, 3.8) is 0 Å². The van der Waals surface area contributed by atoms with E-state index in [4.69, 9.17) is 9.47 Å². The molecule has 1 aromatic carbocycles. The van der Waals surface area contributed by atoms with Crippen LogP contribution in [0.1, 0.15) is 31.0 Å². The number of carbonyl (C=O) groups excluding carboxylic acids is 1. The second-order valence-electron chi connectivity index (χ2n) is 8.22. The summed E-state index contributed by atoms with van der Waals surface area (Å²) in [6, 6.07) is 9.83. The molecule has 7 heteroatoms. The van der Waals surface area contributed by atoms with Gasteiger partial charge >= 0.3 is 6.03 Å². The molecular formula is C24H34N4O3. The van der Waals surface area contributed by atoms with Gasteiger partial charge in [-0.05, 0) is 47.7 Å². The van der Waals surface area contributed by atoms with Gasteiger partial charge in [0.1, 0.15) is 0 Å². The number of amides is 2. The lowest BCUT2D eigenvalue weighted by atomic mass is 9.95. The summed E-state index contributed by atoms with van der Waals surface area (Å²) in [5.41, 5.74) is 2.31. The summed E-state index contributed by atoms with van der Waals surface area (Å²) >= 11 is 0. The van der Waals surface area contributed by atoms with Crippen LogP contribution < -0.4 is 14.8 Å². The minimum absolute atomic E-state index is 0.0118. The number of rotatable bonds is 8. The number of carbonyl (C=O) groups is 1. The molecule has 0 unspecified atom stereocenters. The molecule has 7 nitrogen and oxygen atoms in total. The summed E-state index contributed by atoms with van der Waals surface area (Å²) in [6.07, 6.45) is 4.67. The molecule has 0 saturated carbocycles. The standard InChI is InChI=1S/C24H34N4O3/c1-18(2)23(20-5-6-21(30-3)22(17-20)31-4)26-24(29)28-15-13-27(14-16-28)12-9-19-7-10-25-11-8-19/h5-8,10-11,17-18,23H,9,12-16H2,1-4H3,(H,26,29)/t23-/m1/s1. The molecule has 1 aliphatic heterocycles. The zero-order chi connectivity index (χ0) is 22.2. The van der Waals surface area contributed by atoms with Gasteiger partial charge < -0.3 is 19.7 Å². The molecule has 1 N–H and O–H groups in total. The van der Waals surface area contributed by atoms with Crippen molar-refractivity contribution >= 4 is 6.03 Å². The maximum atomic E-state index is 13.0. The quantitative estimate of drug-likeness (QED) is 0.701. The SMILES string of the molecule is COc1ccc([C@H](NC(=O)N2CCN(CCc3ccncc3)CC2)C(C)C)cc1OC. The van der Waals surface area contributed by atoms with Crippen LogP contribution in [0.2, 0.25) is 0 Å². The predicted molar refractivity (Wildman–Crippen MR) is 122 cm³/mol. The van der Waals surface area contributed by atoms with Crippen LogP contribution in [0.3, 0.4) is 0 Å². The molecule has 1 saturated heterocycles. The van der Waals surface area contributed by atoms with Gasteiger partial charge in [-0.25, -0.2) is 4.79 Å². The average Bonchev–Trinajstić information content (AvgIpc) is 2.81. The van der Waals surface area contributed by atoms with E-state index in [0.29, 0.717) is 11.5 Å². The summed E-state index contributed by atoms with van der Waals surface area (Å²) in [7, 11) is 3.24. The number of nitrogens with zero attached hydrogens (tertiary/aromatic N) is 3. The molecule has 0 radical (unpaired) electrons. The first-order valence-corrected chi connectivity index (χ1v) is 10.9. The Labute approximate surface area is 185 Å². The maximum absolute atomic E-state index is 13.0. The van der Waals surface area contributed by atoms with Gasteiger partial charge in [0.2, 0.25) is 0 Å². The van der Waals surface area contributed by atoms with Crippen LogP contribution >= 0.6 is 0 Å². The lowest BCUT2D eigenvalue weighted by Crippen LogP contribution is -2.52. The highest BCUT2D eigenvalue weighted by atomic mass is 16.5. The van der Waals surface area contributed by atoms with Crippen molar-refractivity contribution in [2.24, 2.45) is 5.92 Å². The summed E-state index contributed by atoms with van der Waals surface area (Å²) < 4.78 is 10.8. The first-order chi connectivity index (χ1) is 15.0. The van der Waals surface area contributed by atoms with Crippen LogP contribution in [-0.4, -0.2) is 67.8 Å². The zero-order valence-corrected chi connectivity index (χ0v) is 19.0. The summed E-state index contributed by atoms with van der Waals surface area (Å²) in [5.74, 6) is 1.59. The van der Waals surface area contributed by atoms with E-state index in [9.17, 15) is 4.79 Å². The third kappa shape index (κ3) is 6.10. The number of benzene rings is 1. The number of hydrogen-bond acceptors (Lipinski definition) is 5. The summed E-state index contributed by atoms with van der Waals surface area (Å²) in [5, 5.41) is 3.23. The molecule has 2 heterocycles. The first kappa shape index (κ1) is 22.9. The van der Waals surface area contributed by atoms with E-state index in [1.165, 1.54) is 5.56 Å². The Morgan fingerprint density at radius 3 is 2.32 bits per heavy atom. The molecule has 2 amide bonds. The number of pyridine rings is 1. The summed E-state index contributed by atoms with van der Waals surface area (Å²) in [4.78, 5) is 21.4. The maximum Gasteiger partial charge on any atom is 0.317 e. The normalized spacial score (nSPS) is 15.6. The average molecular weight is 427 g/mol. The van der Waals surface area contributed by atoms with Gasteiger partial charge in [0, 0.05) is 45.1 Å². The van der Waals surface area contributed by atoms with E-state index in [1.807, 2.05) is 35.5 Å². The van der Waals surface area contributed by atoms with Crippen LogP contribution in [0.4, 0.5) is 4.79 Å². The van der Waals surface area contributed by atoms with Crippen molar-refractivity contribution in [3.05, 3.63) is 53.9 Å². The Kier molecular flexibility index (Phi) is 8.12. The molecule has 168 valence electrons. The minimum Gasteiger partial charge on any atom is -0.493 e. The van der Waals surface area contributed by atoms with Gasteiger partial charge in [0.15, 0.2) is 11.5 Å². The lowest BCUT2D eigenvalue weighted by molar-refractivity contribution is 0.136. The molecule has 0 bridgehead atoms. The van der Waals surface area contributed by atoms with Crippen molar-refractivity contribution in [3.8, 4) is 11.5 Å². The van der Waals surface area contributed by atoms with E-state index in [-0.39, 0.29) is 18.0 Å². The fraction of sp³-hybridized carbons (Fsp3) is 0.500. The Balaban J connectivity index is 1.55. The minimum atomic E-state index is -0.1000. The van der Waals surface area contributed by atoms with Crippen molar-refractivity contribution in [2.75, 3.05) is 46.9 Å². The molecule has 3 rings (SSSR count). The zero-order valence-electron chi connectivity index (χ0n) is 19.0. The monoisotopic (exact) mass is 426 g/mol. The van der Waals surface area contributed by atoms with Gasteiger partial charge in [0.05, 0.1) is 20.3 Å². The predicted octanol–water partition coefficient (Wildman–Crippen LogP) is 3.37. The van der Waals surface area contributed by atoms with Gasteiger partial charge in [-0.15, -0.1) is 0 Å². The van der Waals surface area contributed by atoms with Crippen LogP contribution in [0.25, 0.3) is 0 Å². The largest absolute Gasteiger partial charge is 0.493 e. The highest BCUT2D eigenvalue weighted by Gasteiger charge is 2.25. The molecule has 0 spiro atoms. The number of ether oxygens (including phenoxy) is 2. The van der Waals surface area contributed by atoms with Crippen LogP contribution in [-0.2, 0) is 6.42 Å². The third-order valence-corrected chi connectivity index (χ3v) is 5.84. The number of urea groups is 1. The van der Waals surface area contributed by atoms with Gasteiger partial charge in [-0.1, -0.05) is 19.9 Å². The summed E-state index contributed by atoms with van der Waals surface area (Å²) in [6.45, 7) is 8.47.